The van der Waals surface area contributed by atoms with E-state index in [4.69, 9.17) is 15.0 Å². The van der Waals surface area contributed by atoms with Gasteiger partial charge < -0.3 is 4.57 Å². The van der Waals surface area contributed by atoms with E-state index < -0.39 is 0 Å². The van der Waals surface area contributed by atoms with E-state index in [1.165, 1.54) is 10.8 Å². The van der Waals surface area contributed by atoms with E-state index in [-0.39, 0.29) is 0 Å². The Balaban J connectivity index is 1.21. The van der Waals surface area contributed by atoms with Crippen molar-refractivity contribution in [2.45, 2.75) is 0 Å². The second-order valence-electron chi connectivity index (χ2n) is 12.7. The zero-order chi connectivity index (χ0) is 33.9. The summed E-state index contributed by atoms with van der Waals surface area (Å²) in [5.41, 5.74) is 9.49. The van der Waals surface area contributed by atoms with Crippen LogP contribution in [0.25, 0.3) is 89.2 Å². The van der Waals surface area contributed by atoms with Gasteiger partial charge in [0.1, 0.15) is 0 Å². The van der Waals surface area contributed by atoms with Crippen LogP contribution in [0.2, 0.25) is 0 Å². The fourth-order valence-corrected chi connectivity index (χ4v) is 7.82. The Morgan fingerprint density at radius 2 is 0.784 bits per heavy atom. The van der Waals surface area contributed by atoms with E-state index in [1.807, 2.05) is 6.07 Å². The Labute approximate surface area is 302 Å². The lowest BCUT2D eigenvalue weighted by molar-refractivity contribution is 0.953. The molecular formula is C45H28BrN5. The molecule has 0 aliphatic heterocycles. The Hall–Kier alpha value is -6.37. The SMILES string of the molecule is Brc1cc(-c2nc(-c3ccc(-c4ccccc4)cc3)nc(-n3c4ccccc4c4ccccc43)n2)cc(-n2c3ccccc3c3ccccc32)c1. The predicted octanol–water partition coefficient (Wildman–Crippen LogP) is 11.8. The van der Waals surface area contributed by atoms with Crippen LogP contribution in [0, 0.1) is 0 Å². The predicted molar refractivity (Wildman–Crippen MR) is 213 cm³/mol. The van der Waals surface area contributed by atoms with Crippen molar-refractivity contribution in [3.05, 3.63) is 174 Å². The largest absolute Gasteiger partial charge is 0.309 e. The quantitative estimate of drug-likeness (QED) is 0.178. The number of nitrogens with zero attached hydrogens (tertiary/aromatic N) is 5. The van der Waals surface area contributed by atoms with Gasteiger partial charge in [0.15, 0.2) is 11.6 Å². The Morgan fingerprint density at radius 1 is 0.353 bits per heavy atom. The number of benzene rings is 7. The van der Waals surface area contributed by atoms with Crippen LogP contribution < -0.4 is 0 Å². The summed E-state index contributed by atoms with van der Waals surface area (Å²) in [7, 11) is 0. The molecule has 0 saturated heterocycles. The highest BCUT2D eigenvalue weighted by Gasteiger charge is 2.19. The number of hydrogen-bond donors (Lipinski definition) is 0. The van der Waals surface area contributed by atoms with E-state index >= 15 is 0 Å². The number of aromatic nitrogens is 5. The van der Waals surface area contributed by atoms with Crippen molar-refractivity contribution in [3.8, 4) is 45.5 Å². The van der Waals surface area contributed by atoms with E-state index in [1.54, 1.807) is 0 Å². The molecule has 0 fully saturated rings. The van der Waals surface area contributed by atoms with Crippen molar-refractivity contribution in [1.29, 1.82) is 0 Å². The summed E-state index contributed by atoms with van der Waals surface area (Å²) in [6, 6.07) is 59.3. The van der Waals surface area contributed by atoms with E-state index in [0.29, 0.717) is 17.6 Å². The molecule has 10 aromatic rings. The fraction of sp³-hybridized carbons (Fsp3) is 0. The monoisotopic (exact) mass is 717 g/mol. The summed E-state index contributed by atoms with van der Waals surface area (Å²) in [4.78, 5) is 15.6. The molecular weight excluding hydrogens is 690 g/mol. The van der Waals surface area contributed by atoms with E-state index in [2.05, 4.69) is 189 Å². The van der Waals surface area contributed by atoms with Gasteiger partial charge in [0, 0.05) is 42.8 Å². The first kappa shape index (κ1) is 29.5. The zero-order valence-electron chi connectivity index (χ0n) is 27.3. The van der Waals surface area contributed by atoms with Gasteiger partial charge in [-0.15, -0.1) is 0 Å². The lowest BCUT2D eigenvalue weighted by atomic mass is 10.0. The minimum atomic E-state index is 0.568. The normalized spacial score (nSPS) is 11.6. The summed E-state index contributed by atoms with van der Waals surface area (Å²) < 4.78 is 5.41. The lowest BCUT2D eigenvalue weighted by Crippen LogP contribution is -2.06. The first-order valence-corrected chi connectivity index (χ1v) is 17.7. The lowest BCUT2D eigenvalue weighted by Gasteiger charge is -2.13. The molecule has 3 aromatic heterocycles. The molecule has 10 rings (SSSR count). The molecule has 0 radical (unpaired) electrons. The number of hydrogen-bond acceptors (Lipinski definition) is 3. The van der Waals surface area contributed by atoms with Crippen molar-refractivity contribution in [2.75, 3.05) is 0 Å². The molecule has 240 valence electrons. The number of rotatable bonds is 5. The Bertz CT molecular complexity index is 2820. The van der Waals surface area contributed by atoms with Crippen LogP contribution in [0.4, 0.5) is 0 Å². The molecule has 7 aromatic carbocycles. The van der Waals surface area contributed by atoms with Crippen LogP contribution in [0.15, 0.2) is 174 Å². The first-order chi connectivity index (χ1) is 25.2. The average molecular weight is 719 g/mol. The minimum absolute atomic E-state index is 0.568. The van der Waals surface area contributed by atoms with Gasteiger partial charge in [-0.1, -0.05) is 143 Å². The number of fused-ring (bicyclic) bond motifs is 6. The topological polar surface area (TPSA) is 48.5 Å². The van der Waals surface area contributed by atoms with Gasteiger partial charge in [0.2, 0.25) is 5.95 Å². The molecule has 0 aliphatic carbocycles. The first-order valence-electron chi connectivity index (χ1n) is 16.9. The maximum atomic E-state index is 5.24. The number of halogens is 1. The summed E-state index contributed by atoms with van der Waals surface area (Å²) in [6.45, 7) is 0. The molecule has 6 heteroatoms. The summed E-state index contributed by atoms with van der Waals surface area (Å²) in [5, 5.41) is 4.73. The van der Waals surface area contributed by atoms with Gasteiger partial charge in [-0.3, -0.25) is 4.57 Å². The molecule has 0 amide bonds. The smallest absolute Gasteiger partial charge is 0.238 e. The molecule has 0 bridgehead atoms. The van der Waals surface area contributed by atoms with Crippen molar-refractivity contribution >= 4 is 59.5 Å². The fourth-order valence-electron chi connectivity index (χ4n) is 7.34. The van der Waals surface area contributed by atoms with Crippen LogP contribution in [0.5, 0.6) is 0 Å². The number of para-hydroxylation sites is 4. The van der Waals surface area contributed by atoms with Crippen LogP contribution in [0.1, 0.15) is 0 Å². The van der Waals surface area contributed by atoms with E-state index in [9.17, 15) is 0 Å². The molecule has 0 atom stereocenters. The third-order valence-corrected chi connectivity index (χ3v) is 10.1. The summed E-state index contributed by atoms with van der Waals surface area (Å²) in [6.07, 6.45) is 0. The zero-order valence-corrected chi connectivity index (χ0v) is 28.9. The van der Waals surface area contributed by atoms with Crippen LogP contribution in [-0.2, 0) is 0 Å². The second-order valence-corrected chi connectivity index (χ2v) is 13.6. The van der Waals surface area contributed by atoms with Gasteiger partial charge in [-0.2, -0.15) is 9.97 Å². The van der Waals surface area contributed by atoms with Gasteiger partial charge in [-0.25, -0.2) is 4.98 Å². The highest BCUT2D eigenvalue weighted by Crippen LogP contribution is 2.36. The van der Waals surface area contributed by atoms with Crippen molar-refractivity contribution in [3.63, 3.8) is 0 Å². The van der Waals surface area contributed by atoms with Crippen molar-refractivity contribution < 1.29 is 0 Å². The van der Waals surface area contributed by atoms with Gasteiger partial charge in [0.25, 0.3) is 0 Å². The van der Waals surface area contributed by atoms with Gasteiger partial charge >= 0.3 is 0 Å². The van der Waals surface area contributed by atoms with E-state index in [0.717, 1.165) is 65.3 Å². The summed E-state index contributed by atoms with van der Waals surface area (Å²) >= 11 is 3.85. The molecule has 0 unspecified atom stereocenters. The summed E-state index contributed by atoms with van der Waals surface area (Å²) in [5.74, 6) is 1.76. The molecule has 5 nitrogen and oxygen atoms in total. The van der Waals surface area contributed by atoms with Crippen molar-refractivity contribution in [1.82, 2.24) is 24.1 Å². The third-order valence-electron chi connectivity index (χ3n) is 9.63. The van der Waals surface area contributed by atoms with Crippen LogP contribution in [-0.4, -0.2) is 24.1 Å². The Kier molecular flexibility index (Phi) is 6.89. The highest BCUT2D eigenvalue weighted by atomic mass is 79.9. The maximum absolute atomic E-state index is 5.24. The van der Waals surface area contributed by atoms with Gasteiger partial charge in [-0.05, 0) is 53.6 Å². The third kappa shape index (κ3) is 4.95. The van der Waals surface area contributed by atoms with Gasteiger partial charge in [0.05, 0.1) is 22.1 Å². The standard InChI is InChI=1S/C45H28BrN5/c46-33-26-32(27-34(28-33)50-39-18-8-4-14-35(39)36-15-5-9-19-40(36)50)44-47-43(31-24-22-30(23-25-31)29-12-2-1-3-13-29)48-45(49-44)51-41-20-10-6-16-37(41)38-17-7-11-21-42(38)51/h1-28H. The van der Waals surface area contributed by atoms with Crippen LogP contribution in [0.3, 0.4) is 0 Å². The molecule has 3 heterocycles. The average Bonchev–Trinajstić information content (AvgIpc) is 3.71. The second kappa shape index (κ2) is 11.9. The molecule has 0 aliphatic rings. The molecule has 51 heavy (non-hydrogen) atoms. The van der Waals surface area contributed by atoms with Crippen LogP contribution >= 0.6 is 15.9 Å². The molecule has 0 spiro atoms. The Morgan fingerprint density at radius 3 is 1.33 bits per heavy atom. The molecule has 0 N–H and O–H groups in total. The van der Waals surface area contributed by atoms with Crippen molar-refractivity contribution in [2.24, 2.45) is 0 Å². The maximum Gasteiger partial charge on any atom is 0.238 e. The highest BCUT2D eigenvalue weighted by molar-refractivity contribution is 9.10. The minimum Gasteiger partial charge on any atom is -0.309 e. The molecule has 0 saturated carbocycles.